The summed E-state index contributed by atoms with van der Waals surface area (Å²) in [6, 6.07) is 9.48. The summed E-state index contributed by atoms with van der Waals surface area (Å²) in [6.45, 7) is 0. The Bertz CT molecular complexity index is 747. The van der Waals surface area contributed by atoms with Gasteiger partial charge in [0, 0.05) is 11.0 Å². The number of benzene rings is 1. The molecule has 1 aliphatic rings. The number of hydrogen-bond acceptors (Lipinski definition) is 3. The first-order valence-electron chi connectivity index (χ1n) is 7.07. The number of thiophene rings is 1. The quantitative estimate of drug-likeness (QED) is 0.848. The summed E-state index contributed by atoms with van der Waals surface area (Å²) in [7, 11) is 0. The third-order valence-electron chi connectivity index (χ3n) is 3.60. The Kier molecular flexibility index (Phi) is 4.06. The molecule has 0 bridgehead atoms. The first kappa shape index (κ1) is 14.5. The number of aromatic carboxylic acids is 1. The summed E-state index contributed by atoms with van der Waals surface area (Å²) in [4.78, 5) is 24.5. The lowest BCUT2D eigenvalue weighted by molar-refractivity contribution is -0.111. The maximum atomic E-state index is 12.0. The van der Waals surface area contributed by atoms with Crippen LogP contribution in [0.4, 0.5) is 5.00 Å². The summed E-state index contributed by atoms with van der Waals surface area (Å²) in [5.74, 6) is -1.28. The number of aryl methyl sites for hydroxylation is 1. The Morgan fingerprint density at radius 1 is 1.18 bits per heavy atom. The number of carboxylic acid groups (broad SMARTS) is 1. The molecule has 2 aromatic rings. The van der Waals surface area contributed by atoms with Crippen LogP contribution in [-0.2, 0) is 17.6 Å². The molecular weight excluding hydrogens is 298 g/mol. The van der Waals surface area contributed by atoms with E-state index < -0.39 is 5.97 Å². The molecule has 1 aromatic carbocycles. The van der Waals surface area contributed by atoms with Gasteiger partial charge >= 0.3 is 5.97 Å². The first-order valence-corrected chi connectivity index (χ1v) is 7.89. The average Bonchev–Trinajstić information content (AvgIpc) is 3.06. The molecule has 1 amide bonds. The summed E-state index contributed by atoms with van der Waals surface area (Å²) >= 11 is 1.38. The van der Waals surface area contributed by atoms with Crippen molar-refractivity contribution in [1.82, 2.24) is 0 Å². The average molecular weight is 313 g/mol. The summed E-state index contributed by atoms with van der Waals surface area (Å²) in [5.41, 5.74) is 2.07. The fourth-order valence-corrected chi connectivity index (χ4v) is 3.89. The van der Waals surface area contributed by atoms with Crippen molar-refractivity contribution < 1.29 is 14.7 Å². The number of amides is 1. The lowest BCUT2D eigenvalue weighted by Gasteiger charge is -2.02. The van der Waals surface area contributed by atoms with E-state index in [9.17, 15) is 14.7 Å². The highest BCUT2D eigenvalue weighted by Gasteiger charge is 2.26. The van der Waals surface area contributed by atoms with Gasteiger partial charge in [-0.15, -0.1) is 11.3 Å². The number of rotatable bonds is 4. The van der Waals surface area contributed by atoms with E-state index in [1.54, 1.807) is 6.08 Å². The minimum atomic E-state index is -0.971. The second kappa shape index (κ2) is 6.15. The van der Waals surface area contributed by atoms with Crippen molar-refractivity contribution in [3.05, 3.63) is 58.0 Å². The van der Waals surface area contributed by atoms with Gasteiger partial charge < -0.3 is 10.4 Å². The van der Waals surface area contributed by atoms with Gasteiger partial charge in [0.1, 0.15) is 5.00 Å². The molecule has 0 atom stereocenters. The molecule has 1 aromatic heterocycles. The molecule has 3 rings (SSSR count). The molecular formula is C17H15NO3S. The number of carbonyl (C=O) groups is 2. The van der Waals surface area contributed by atoms with Crippen molar-refractivity contribution in [2.45, 2.75) is 19.3 Å². The third kappa shape index (κ3) is 2.94. The lowest BCUT2D eigenvalue weighted by atomic mass is 10.1. The molecule has 0 radical (unpaired) electrons. The summed E-state index contributed by atoms with van der Waals surface area (Å²) in [6.07, 6.45) is 5.80. The zero-order valence-corrected chi connectivity index (χ0v) is 12.7. The molecule has 2 N–H and O–H groups in total. The fraction of sp³-hybridized carbons (Fsp3) is 0.176. The Morgan fingerprint density at radius 3 is 2.68 bits per heavy atom. The smallest absolute Gasteiger partial charge is 0.339 e. The molecule has 0 saturated carbocycles. The molecule has 0 spiro atoms. The highest BCUT2D eigenvalue weighted by Crippen LogP contribution is 2.39. The van der Waals surface area contributed by atoms with Crippen molar-refractivity contribution in [2.24, 2.45) is 0 Å². The molecule has 0 saturated heterocycles. The van der Waals surface area contributed by atoms with Crippen molar-refractivity contribution in [3.8, 4) is 0 Å². The van der Waals surface area contributed by atoms with E-state index in [1.807, 2.05) is 30.3 Å². The maximum Gasteiger partial charge on any atom is 0.339 e. The van der Waals surface area contributed by atoms with Crippen LogP contribution in [0.2, 0.25) is 0 Å². The van der Waals surface area contributed by atoms with Crippen LogP contribution in [0.25, 0.3) is 6.08 Å². The molecule has 4 nitrogen and oxygen atoms in total. The Balaban J connectivity index is 1.77. The van der Waals surface area contributed by atoms with Crippen molar-refractivity contribution in [3.63, 3.8) is 0 Å². The van der Waals surface area contributed by atoms with Crippen LogP contribution in [0, 0.1) is 0 Å². The molecule has 5 heteroatoms. The number of carbonyl (C=O) groups excluding carboxylic acids is 1. The van der Waals surface area contributed by atoms with Gasteiger partial charge in [0.15, 0.2) is 0 Å². The van der Waals surface area contributed by atoms with E-state index in [2.05, 4.69) is 5.32 Å². The highest BCUT2D eigenvalue weighted by molar-refractivity contribution is 7.17. The van der Waals surface area contributed by atoms with Crippen LogP contribution in [0.15, 0.2) is 36.4 Å². The largest absolute Gasteiger partial charge is 0.478 e. The third-order valence-corrected chi connectivity index (χ3v) is 4.81. The van der Waals surface area contributed by atoms with Gasteiger partial charge in [-0.05, 0) is 36.5 Å². The van der Waals surface area contributed by atoms with E-state index in [-0.39, 0.29) is 11.5 Å². The van der Waals surface area contributed by atoms with E-state index in [1.165, 1.54) is 17.4 Å². The molecule has 0 aliphatic heterocycles. The normalized spacial score (nSPS) is 13.3. The number of carboxylic acids is 1. The highest BCUT2D eigenvalue weighted by atomic mass is 32.1. The minimum Gasteiger partial charge on any atom is -0.478 e. The van der Waals surface area contributed by atoms with Gasteiger partial charge in [-0.1, -0.05) is 30.3 Å². The summed E-state index contributed by atoms with van der Waals surface area (Å²) in [5, 5.41) is 12.5. The van der Waals surface area contributed by atoms with E-state index >= 15 is 0 Å². The fourth-order valence-electron chi connectivity index (χ4n) is 2.61. The van der Waals surface area contributed by atoms with Crippen molar-refractivity contribution in [2.75, 3.05) is 5.32 Å². The molecule has 0 fully saturated rings. The molecule has 22 heavy (non-hydrogen) atoms. The van der Waals surface area contributed by atoms with Crippen LogP contribution in [-0.4, -0.2) is 17.0 Å². The Labute approximate surface area is 132 Å². The van der Waals surface area contributed by atoms with Crippen LogP contribution in [0.3, 0.4) is 0 Å². The van der Waals surface area contributed by atoms with Crippen LogP contribution >= 0.6 is 11.3 Å². The van der Waals surface area contributed by atoms with Gasteiger partial charge in [0.25, 0.3) is 0 Å². The van der Waals surface area contributed by atoms with Gasteiger partial charge in [-0.3, -0.25) is 4.79 Å². The molecule has 0 unspecified atom stereocenters. The second-order valence-corrected chi connectivity index (χ2v) is 6.21. The second-order valence-electron chi connectivity index (χ2n) is 5.10. The number of nitrogens with one attached hydrogen (secondary N) is 1. The predicted molar refractivity (Wildman–Crippen MR) is 87.4 cm³/mol. The zero-order chi connectivity index (χ0) is 15.5. The number of hydrogen-bond donors (Lipinski definition) is 2. The SMILES string of the molecule is O=C(/C=C/c1ccccc1)Nc1sc2c(c1C(=O)O)CCC2. The van der Waals surface area contributed by atoms with E-state index in [0.717, 1.165) is 35.3 Å². The van der Waals surface area contributed by atoms with Gasteiger partial charge in [-0.2, -0.15) is 0 Å². The lowest BCUT2D eigenvalue weighted by Crippen LogP contribution is -2.10. The molecule has 1 heterocycles. The van der Waals surface area contributed by atoms with Crippen LogP contribution in [0.1, 0.15) is 32.8 Å². The molecule has 1 aliphatic carbocycles. The van der Waals surface area contributed by atoms with E-state index in [0.29, 0.717) is 5.00 Å². The van der Waals surface area contributed by atoms with Crippen LogP contribution in [0.5, 0.6) is 0 Å². The maximum absolute atomic E-state index is 12.0. The van der Waals surface area contributed by atoms with E-state index in [4.69, 9.17) is 0 Å². The first-order chi connectivity index (χ1) is 10.6. The monoisotopic (exact) mass is 313 g/mol. The molecule has 112 valence electrons. The van der Waals surface area contributed by atoms with Gasteiger partial charge in [-0.25, -0.2) is 4.79 Å². The topological polar surface area (TPSA) is 66.4 Å². The van der Waals surface area contributed by atoms with Crippen LogP contribution < -0.4 is 5.32 Å². The van der Waals surface area contributed by atoms with Gasteiger partial charge in [0.05, 0.1) is 5.56 Å². The number of fused-ring (bicyclic) bond motifs is 1. The van der Waals surface area contributed by atoms with Crippen molar-refractivity contribution >= 4 is 34.3 Å². The number of anilines is 1. The summed E-state index contributed by atoms with van der Waals surface area (Å²) < 4.78 is 0. The minimum absolute atomic E-state index is 0.263. The predicted octanol–water partition coefficient (Wildman–Crippen LogP) is 3.59. The standard InChI is InChI=1S/C17H15NO3S/c19-14(10-9-11-5-2-1-3-6-11)18-16-15(17(20)21)12-7-4-8-13(12)22-16/h1-3,5-6,9-10H,4,7-8H2,(H,18,19)(H,20,21)/b10-9+. The van der Waals surface area contributed by atoms with Crippen molar-refractivity contribution in [1.29, 1.82) is 0 Å². The zero-order valence-electron chi connectivity index (χ0n) is 11.8. The Morgan fingerprint density at radius 2 is 1.95 bits per heavy atom. The Hall–Kier alpha value is -2.40. The van der Waals surface area contributed by atoms with Gasteiger partial charge in [0.2, 0.25) is 5.91 Å².